The van der Waals surface area contributed by atoms with Crippen LogP contribution in [-0.4, -0.2) is 5.91 Å². The van der Waals surface area contributed by atoms with Crippen molar-refractivity contribution in [2.75, 3.05) is 0 Å². The van der Waals surface area contributed by atoms with E-state index in [1.807, 2.05) is 0 Å². The summed E-state index contributed by atoms with van der Waals surface area (Å²) in [4.78, 5) is 18.2. The molecule has 0 unspecified atom stereocenters. The number of nitrogens with two attached hydrogens (primary N) is 1. The fourth-order valence-electron chi connectivity index (χ4n) is 0.238. The van der Waals surface area contributed by atoms with Gasteiger partial charge in [0.05, 0.1) is 0 Å². The van der Waals surface area contributed by atoms with Gasteiger partial charge in [0.15, 0.2) is 6.26 Å². The highest BCUT2D eigenvalue weighted by molar-refractivity contribution is 5.89. The third-order valence-electron chi connectivity index (χ3n) is 0.561. The zero-order valence-electron chi connectivity index (χ0n) is 3.79. The molecule has 1 rings (SSSR count). The number of hydrogen-bond acceptors (Lipinski definition) is 4. The van der Waals surface area contributed by atoms with E-state index in [1.54, 1.807) is 0 Å². The first-order chi connectivity index (χ1) is 3.80. The molecule has 0 fully saturated rings. The van der Waals surface area contributed by atoms with Crippen molar-refractivity contribution in [1.29, 1.82) is 0 Å². The minimum atomic E-state index is -0.720. The van der Waals surface area contributed by atoms with E-state index in [4.69, 9.17) is 5.73 Å². The van der Waals surface area contributed by atoms with E-state index in [0.717, 1.165) is 6.26 Å². The molecule has 1 aliphatic heterocycles. The van der Waals surface area contributed by atoms with Crippen molar-refractivity contribution >= 4 is 5.91 Å². The van der Waals surface area contributed by atoms with Gasteiger partial charge in [0.2, 0.25) is 0 Å². The van der Waals surface area contributed by atoms with Crippen LogP contribution in [0, 0.1) is 0 Å². The van der Waals surface area contributed by atoms with Gasteiger partial charge in [0, 0.05) is 5.04 Å². The van der Waals surface area contributed by atoms with Gasteiger partial charge >= 0.3 is 0 Å². The Kier molecular flexibility index (Phi) is 1.05. The van der Waals surface area contributed by atoms with Crippen LogP contribution in [0.5, 0.6) is 0 Å². The lowest BCUT2D eigenvalue weighted by Gasteiger charge is -1.86. The topological polar surface area (TPSA) is 70.8 Å². The summed E-state index contributed by atoms with van der Waals surface area (Å²) in [6.07, 6.45) is 0.975. The highest BCUT2D eigenvalue weighted by atomic mass is 17.5. The highest BCUT2D eigenvalue weighted by Gasteiger charge is 2.14. The van der Waals surface area contributed by atoms with Crippen LogP contribution in [-0.2, 0) is 19.6 Å². The molecule has 0 bridgehead atoms. The average molecular weight is 117 g/mol. The molecule has 5 nitrogen and oxygen atoms in total. The molecular weight excluding hydrogens is 114 g/mol. The molecule has 0 saturated heterocycles. The molecule has 0 aromatic heterocycles. The van der Waals surface area contributed by atoms with E-state index >= 15 is 0 Å². The second kappa shape index (κ2) is 1.71. The SMILES string of the molecule is NC(=O)C1=COOO1. The summed E-state index contributed by atoms with van der Waals surface area (Å²) in [5.41, 5.74) is 4.71. The van der Waals surface area contributed by atoms with Gasteiger partial charge in [-0.25, -0.2) is 0 Å². The Hall–Kier alpha value is -1.23. The van der Waals surface area contributed by atoms with Gasteiger partial charge in [-0.15, -0.1) is 0 Å². The summed E-state index contributed by atoms with van der Waals surface area (Å²) >= 11 is 0. The number of hydrogen-bond donors (Lipinski definition) is 1. The Morgan fingerprint density at radius 2 is 2.50 bits per heavy atom. The van der Waals surface area contributed by atoms with Gasteiger partial charge in [0.1, 0.15) is 0 Å². The number of carbonyl (C=O) groups is 1. The normalized spacial score (nSPS) is 16.2. The van der Waals surface area contributed by atoms with Crippen LogP contribution in [0.25, 0.3) is 0 Å². The van der Waals surface area contributed by atoms with Crippen molar-refractivity contribution in [2.45, 2.75) is 0 Å². The van der Waals surface area contributed by atoms with Crippen molar-refractivity contribution in [3.8, 4) is 0 Å². The fourth-order valence-corrected chi connectivity index (χ4v) is 0.238. The molecule has 0 radical (unpaired) electrons. The van der Waals surface area contributed by atoms with E-state index in [-0.39, 0.29) is 5.76 Å². The molecule has 0 atom stereocenters. The molecule has 0 aromatic carbocycles. The van der Waals surface area contributed by atoms with Crippen LogP contribution in [0.4, 0.5) is 0 Å². The van der Waals surface area contributed by atoms with E-state index in [9.17, 15) is 4.79 Å². The first-order valence-electron chi connectivity index (χ1n) is 1.80. The zero-order valence-corrected chi connectivity index (χ0v) is 3.79. The standard InChI is InChI=1S/C3H3NO4/c4-3(5)2-1-6-8-7-2/h1H,(H2,4,5). The van der Waals surface area contributed by atoms with Crippen molar-refractivity contribution in [3.63, 3.8) is 0 Å². The van der Waals surface area contributed by atoms with Crippen LogP contribution < -0.4 is 5.73 Å². The van der Waals surface area contributed by atoms with Gasteiger partial charge in [-0.1, -0.05) is 0 Å². The molecular formula is C3H3NO4. The van der Waals surface area contributed by atoms with Gasteiger partial charge < -0.3 is 10.6 Å². The summed E-state index contributed by atoms with van der Waals surface area (Å²) in [7, 11) is 0. The number of rotatable bonds is 1. The molecule has 0 spiro atoms. The Morgan fingerprint density at radius 1 is 1.75 bits per heavy atom. The Morgan fingerprint density at radius 3 is 2.75 bits per heavy atom. The molecule has 1 aliphatic rings. The zero-order chi connectivity index (χ0) is 5.98. The average Bonchev–Trinajstić information content (AvgIpc) is 2.12. The monoisotopic (exact) mass is 117 g/mol. The Bertz CT molecular complexity index is 140. The van der Waals surface area contributed by atoms with Crippen molar-refractivity contribution in [3.05, 3.63) is 12.0 Å². The molecule has 44 valence electrons. The molecule has 1 heterocycles. The second-order valence-corrected chi connectivity index (χ2v) is 1.09. The lowest BCUT2D eigenvalue weighted by atomic mass is 10.5. The summed E-state index contributed by atoms with van der Waals surface area (Å²) in [6, 6.07) is 0. The Balaban J connectivity index is 2.57. The van der Waals surface area contributed by atoms with Crippen molar-refractivity contribution in [2.24, 2.45) is 5.73 Å². The quantitative estimate of drug-likeness (QED) is 0.456. The van der Waals surface area contributed by atoms with Gasteiger partial charge in [0.25, 0.3) is 11.7 Å². The number of primary amides is 1. The largest absolute Gasteiger partial charge is 0.363 e. The third-order valence-corrected chi connectivity index (χ3v) is 0.561. The van der Waals surface area contributed by atoms with Crippen molar-refractivity contribution < 1.29 is 19.6 Å². The molecule has 0 aromatic rings. The maximum atomic E-state index is 10.1. The van der Waals surface area contributed by atoms with Crippen LogP contribution >= 0.6 is 0 Å². The fraction of sp³-hybridized carbons (Fsp3) is 0. The minimum absolute atomic E-state index is 0.134. The lowest BCUT2D eigenvalue weighted by molar-refractivity contribution is -0.443. The van der Waals surface area contributed by atoms with Gasteiger partial charge in [-0.2, -0.15) is 0 Å². The molecule has 1 amide bonds. The van der Waals surface area contributed by atoms with E-state index < -0.39 is 5.91 Å². The lowest BCUT2D eigenvalue weighted by Crippen LogP contribution is -2.13. The maximum absolute atomic E-state index is 10.1. The third kappa shape index (κ3) is 0.710. The predicted molar refractivity (Wildman–Crippen MR) is 20.5 cm³/mol. The first-order valence-corrected chi connectivity index (χ1v) is 1.80. The van der Waals surface area contributed by atoms with Crippen LogP contribution in [0.1, 0.15) is 0 Å². The van der Waals surface area contributed by atoms with Gasteiger partial charge in [-0.05, 0) is 0 Å². The van der Waals surface area contributed by atoms with Crippen LogP contribution in [0.2, 0.25) is 0 Å². The molecule has 0 saturated carbocycles. The molecule has 5 heteroatoms. The molecule has 8 heavy (non-hydrogen) atoms. The van der Waals surface area contributed by atoms with Crippen LogP contribution in [0.3, 0.4) is 0 Å². The summed E-state index contributed by atoms with van der Waals surface area (Å²) in [5, 5.41) is 3.82. The van der Waals surface area contributed by atoms with Crippen LogP contribution in [0.15, 0.2) is 12.0 Å². The number of amides is 1. The first kappa shape index (κ1) is 4.92. The van der Waals surface area contributed by atoms with Crippen molar-refractivity contribution in [1.82, 2.24) is 0 Å². The number of carbonyl (C=O) groups excluding carboxylic acids is 1. The van der Waals surface area contributed by atoms with E-state index in [0.29, 0.717) is 0 Å². The second-order valence-electron chi connectivity index (χ2n) is 1.09. The molecule has 0 aliphatic carbocycles. The van der Waals surface area contributed by atoms with E-state index in [2.05, 4.69) is 14.8 Å². The maximum Gasteiger partial charge on any atom is 0.291 e. The van der Waals surface area contributed by atoms with E-state index in [1.165, 1.54) is 0 Å². The molecule has 2 N–H and O–H groups in total. The Labute approximate surface area is 44.5 Å². The summed E-state index contributed by atoms with van der Waals surface area (Å²) in [6.45, 7) is 0. The van der Waals surface area contributed by atoms with Gasteiger partial charge in [-0.3, -0.25) is 9.68 Å². The minimum Gasteiger partial charge on any atom is -0.363 e. The predicted octanol–water partition coefficient (Wildman–Crippen LogP) is -0.794. The summed E-state index contributed by atoms with van der Waals surface area (Å²) in [5.74, 6) is -0.854. The highest BCUT2D eigenvalue weighted by Crippen LogP contribution is 2.05. The smallest absolute Gasteiger partial charge is 0.291 e. The summed E-state index contributed by atoms with van der Waals surface area (Å²) < 4.78 is 0.